The van der Waals surface area contributed by atoms with Gasteiger partial charge >= 0.3 is 0 Å². The summed E-state index contributed by atoms with van der Waals surface area (Å²) in [6, 6.07) is 14.4. The van der Waals surface area contributed by atoms with E-state index < -0.39 is 0 Å². The van der Waals surface area contributed by atoms with Crippen LogP contribution in [0.4, 0.5) is 0 Å². The molecule has 0 aliphatic carbocycles. The van der Waals surface area contributed by atoms with E-state index in [4.69, 9.17) is 21.1 Å². The van der Waals surface area contributed by atoms with Gasteiger partial charge in [0, 0.05) is 12.1 Å². The van der Waals surface area contributed by atoms with E-state index in [-0.39, 0.29) is 5.91 Å². The van der Waals surface area contributed by atoms with Crippen molar-refractivity contribution in [2.45, 2.75) is 13.3 Å². The normalized spacial score (nSPS) is 10.2. The number of ether oxygens (including phenoxy) is 2. The van der Waals surface area contributed by atoms with E-state index in [2.05, 4.69) is 5.32 Å². The van der Waals surface area contributed by atoms with Crippen LogP contribution in [0.25, 0.3) is 0 Å². The van der Waals surface area contributed by atoms with E-state index in [0.717, 1.165) is 6.42 Å². The molecule has 122 valence electrons. The maximum atomic E-state index is 11.9. The number of halogens is 1. The van der Waals surface area contributed by atoms with E-state index in [1.54, 1.807) is 30.3 Å². The lowest BCUT2D eigenvalue weighted by atomic mass is 10.2. The number of carbonyl (C=O) groups is 1. The van der Waals surface area contributed by atoms with Gasteiger partial charge in [0.05, 0.1) is 5.02 Å². The van der Waals surface area contributed by atoms with E-state index in [9.17, 15) is 4.79 Å². The highest BCUT2D eigenvalue weighted by Crippen LogP contribution is 2.23. The molecule has 0 saturated carbocycles. The molecule has 4 nitrogen and oxygen atoms in total. The summed E-state index contributed by atoms with van der Waals surface area (Å²) in [6.45, 7) is 3.41. The van der Waals surface area contributed by atoms with E-state index in [1.165, 1.54) is 0 Å². The van der Waals surface area contributed by atoms with Crippen LogP contribution in [0.1, 0.15) is 23.7 Å². The second-order valence-corrected chi connectivity index (χ2v) is 5.32. The second kappa shape index (κ2) is 9.06. The van der Waals surface area contributed by atoms with Gasteiger partial charge in [-0.1, -0.05) is 36.7 Å². The van der Waals surface area contributed by atoms with E-state index in [1.807, 2.05) is 25.1 Å². The molecule has 1 amide bonds. The van der Waals surface area contributed by atoms with Crippen molar-refractivity contribution in [3.63, 3.8) is 0 Å². The Morgan fingerprint density at radius 3 is 2.65 bits per heavy atom. The molecule has 0 heterocycles. The highest BCUT2D eigenvalue weighted by atomic mass is 35.5. The molecule has 0 unspecified atom stereocenters. The Hall–Kier alpha value is -2.20. The van der Waals surface area contributed by atoms with Gasteiger partial charge < -0.3 is 14.8 Å². The summed E-state index contributed by atoms with van der Waals surface area (Å²) in [7, 11) is 0. The quantitative estimate of drug-likeness (QED) is 0.744. The predicted molar refractivity (Wildman–Crippen MR) is 91.5 cm³/mol. The topological polar surface area (TPSA) is 47.6 Å². The summed E-state index contributed by atoms with van der Waals surface area (Å²) in [5.74, 6) is 1.17. The van der Waals surface area contributed by atoms with E-state index >= 15 is 0 Å². The number of carbonyl (C=O) groups excluding carboxylic acids is 1. The fourth-order valence-electron chi connectivity index (χ4n) is 1.94. The molecule has 0 aromatic heterocycles. The Balaban J connectivity index is 1.82. The maximum absolute atomic E-state index is 11.9. The molecular weight excluding hydrogens is 314 g/mol. The van der Waals surface area contributed by atoms with Crippen molar-refractivity contribution in [3.05, 3.63) is 59.1 Å². The Bertz CT molecular complexity index is 646. The minimum atomic E-state index is -0.0929. The molecule has 2 rings (SSSR count). The van der Waals surface area contributed by atoms with Gasteiger partial charge in [-0.25, -0.2) is 0 Å². The summed E-state index contributed by atoms with van der Waals surface area (Å²) in [5, 5.41) is 3.41. The van der Waals surface area contributed by atoms with Gasteiger partial charge in [-0.3, -0.25) is 4.79 Å². The first-order chi connectivity index (χ1) is 11.2. The predicted octanol–water partition coefficient (Wildman–Crippen LogP) is 3.94. The average Bonchev–Trinajstić information content (AvgIpc) is 2.58. The molecule has 0 atom stereocenters. The Morgan fingerprint density at radius 1 is 1.09 bits per heavy atom. The molecule has 2 aromatic carbocycles. The lowest BCUT2D eigenvalue weighted by Gasteiger charge is -2.10. The van der Waals surface area contributed by atoms with Crippen LogP contribution >= 0.6 is 11.6 Å². The van der Waals surface area contributed by atoms with Crippen molar-refractivity contribution in [1.29, 1.82) is 0 Å². The van der Waals surface area contributed by atoms with Crippen molar-refractivity contribution in [1.82, 2.24) is 5.32 Å². The zero-order valence-electron chi connectivity index (χ0n) is 13.0. The van der Waals surface area contributed by atoms with Crippen LogP contribution in [-0.2, 0) is 0 Å². The average molecular weight is 334 g/mol. The standard InChI is InChI=1S/C18H20ClNO3/c1-2-10-20-18(21)14-6-5-7-15(13-14)22-11-12-23-17-9-4-3-8-16(17)19/h3-9,13H,2,10-12H2,1H3,(H,20,21). The lowest BCUT2D eigenvalue weighted by Crippen LogP contribution is -2.23. The molecule has 0 aliphatic rings. The lowest BCUT2D eigenvalue weighted by molar-refractivity contribution is 0.0953. The van der Waals surface area contributed by atoms with Gasteiger partial charge in [0.25, 0.3) is 5.91 Å². The van der Waals surface area contributed by atoms with Crippen molar-refractivity contribution in [2.24, 2.45) is 0 Å². The van der Waals surface area contributed by atoms with Gasteiger partial charge in [0.1, 0.15) is 24.7 Å². The van der Waals surface area contributed by atoms with E-state index in [0.29, 0.717) is 41.8 Å². The van der Waals surface area contributed by atoms with Gasteiger partial charge in [0.15, 0.2) is 0 Å². The maximum Gasteiger partial charge on any atom is 0.251 e. The highest BCUT2D eigenvalue weighted by Gasteiger charge is 2.06. The number of hydrogen-bond acceptors (Lipinski definition) is 3. The van der Waals surface area contributed by atoms with Gasteiger partial charge in [-0.2, -0.15) is 0 Å². The number of benzene rings is 2. The minimum Gasteiger partial charge on any atom is -0.490 e. The third-order valence-corrected chi connectivity index (χ3v) is 3.39. The molecule has 1 N–H and O–H groups in total. The second-order valence-electron chi connectivity index (χ2n) is 4.91. The van der Waals surface area contributed by atoms with Crippen LogP contribution < -0.4 is 14.8 Å². The van der Waals surface area contributed by atoms with Crippen molar-refractivity contribution >= 4 is 17.5 Å². The van der Waals surface area contributed by atoms with Crippen LogP contribution in [0.15, 0.2) is 48.5 Å². The van der Waals surface area contributed by atoms with Crippen LogP contribution in [0.5, 0.6) is 11.5 Å². The summed E-state index contributed by atoms with van der Waals surface area (Å²) in [5.41, 5.74) is 0.586. The molecule has 0 fully saturated rings. The highest BCUT2D eigenvalue weighted by molar-refractivity contribution is 6.32. The Kier molecular flexibility index (Phi) is 6.76. The Morgan fingerprint density at radius 2 is 1.87 bits per heavy atom. The number of amides is 1. The van der Waals surface area contributed by atoms with Crippen molar-refractivity contribution < 1.29 is 14.3 Å². The molecule has 23 heavy (non-hydrogen) atoms. The van der Waals surface area contributed by atoms with Crippen LogP contribution in [0, 0.1) is 0 Å². The molecule has 0 aliphatic heterocycles. The third kappa shape index (κ3) is 5.49. The largest absolute Gasteiger partial charge is 0.490 e. The molecule has 2 aromatic rings. The number of hydrogen-bond donors (Lipinski definition) is 1. The van der Waals surface area contributed by atoms with Crippen molar-refractivity contribution in [2.75, 3.05) is 19.8 Å². The molecule has 0 bridgehead atoms. The summed E-state index contributed by atoms with van der Waals surface area (Å²) in [6.07, 6.45) is 0.904. The van der Waals surface area contributed by atoms with Crippen molar-refractivity contribution in [3.8, 4) is 11.5 Å². The van der Waals surface area contributed by atoms with Crippen LogP contribution in [0.3, 0.4) is 0 Å². The first-order valence-electron chi connectivity index (χ1n) is 7.59. The molecule has 0 saturated heterocycles. The third-order valence-electron chi connectivity index (χ3n) is 3.08. The Labute approximate surface area is 141 Å². The van der Waals surface area contributed by atoms with Gasteiger partial charge in [-0.15, -0.1) is 0 Å². The fourth-order valence-corrected chi connectivity index (χ4v) is 2.13. The van der Waals surface area contributed by atoms with Crippen LogP contribution in [-0.4, -0.2) is 25.7 Å². The number of para-hydroxylation sites is 1. The number of nitrogens with one attached hydrogen (secondary N) is 1. The van der Waals surface area contributed by atoms with Gasteiger partial charge in [-0.05, 0) is 36.8 Å². The summed E-state index contributed by atoms with van der Waals surface area (Å²) >= 11 is 6.01. The van der Waals surface area contributed by atoms with Gasteiger partial charge in [0.2, 0.25) is 0 Å². The SMILES string of the molecule is CCCNC(=O)c1cccc(OCCOc2ccccc2Cl)c1. The fraction of sp³-hybridized carbons (Fsp3) is 0.278. The molecular formula is C18H20ClNO3. The molecule has 0 spiro atoms. The molecule has 5 heteroatoms. The summed E-state index contributed by atoms with van der Waals surface area (Å²) in [4.78, 5) is 11.9. The first kappa shape index (κ1) is 17.2. The number of rotatable bonds is 8. The zero-order valence-corrected chi connectivity index (χ0v) is 13.8. The van der Waals surface area contributed by atoms with Crippen LogP contribution in [0.2, 0.25) is 5.02 Å². The monoisotopic (exact) mass is 333 g/mol. The summed E-state index contributed by atoms with van der Waals surface area (Å²) < 4.78 is 11.2. The molecule has 0 radical (unpaired) electrons. The smallest absolute Gasteiger partial charge is 0.251 e. The first-order valence-corrected chi connectivity index (χ1v) is 7.97. The minimum absolute atomic E-state index is 0.0929. The zero-order chi connectivity index (χ0) is 16.5.